The average molecular weight is 639 g/mol. The molecule has 0 unspecified atom stereocenters. The number of hydrogen-bond donors (Lipinski definition) is 4. The smallest absolute Gasteiger partial charge is 0.334 e. The second-order valence-corrected chi connectivity index (χ2v) is 14.2. The summed E-state index contributed by atoms with van der Waals surface area (Å²) in [5, 5.41) is 42.1. The van der Waals surface area contributed by atoms with Crippen LogP contribution in [0.3, 0.4) is 0 Å². The van der Waals surface area contributed by atoms with Crippen molar-refractivity contribution in [3.8, 4) is 0 Å². The predicted octanol–water partition coefficient (Wildman–Crippen LogP) is 6.83. The third-order valence-electron chi connectivity index (χ3n) is 10.1. The molecule has 9 atom stereocenters. The highest BCUT2D eigenvalue weighted by Crippen LogP contribution is 2.34. The van der Waals surface area contributed by atoms with Gasteiger partial charge in [-0.25, -0.2) is 4.79 Å². The third kappa shape index (κ3) is 14.7. The van der Waals surface area contributed by atoms with Crippen LogP contribution in [0.1, 0.15) is 162 Å². The number of carbonyl (C=O) groups is 1. The third-order valence-corrected chi connectivity index (χ3v) is 10.1. The van der Waals surface area contributed by atoms with Crippen molar-refractivity contribution in [1.82, 2.24) is 0 Å². The number of ether oxygens (including phenoxy) is 3. The van der Waals surface area contributed by atoms with Gasteiger partial charge in [-0.3, -0.25) is 0 Å². The zero-order chi connectivity index (χ0) is 32.4. The maximum Gasteiger partial charge on any atom is 0.334 e. The molecule has 3 heterocycles. The number of carbonyl (C=O) groups excluding carboxylic acids is 1. The van der Waals surface area contributed by atoms with Gasteiger partial charge in [0.15, 0.2) is 0 Å². The van der Waals surface area contributed by atoms with E-state index in [-0.39, 0.29) is 48.7 Å². The summed E-state index contributed by atoms with van der Waals surface area (Å²) in [7, 11) is 0. The molecule has 2 saturated heterocycles. The molecule has 4 N–H and O–H groups in total. The van der Waals surface area contributed by atoms with Crippen LogP contribution < -0.4 is 0 Å². The highest BCUT2D eigenvalue weighted by atomic mass is 16.6. The molecular weight excluding hydrogens is 572 g/mol. The Morgan fingerprint density at radius 3 is 1.73 bits per heavy atom. The van der Waals surface area contributed by atoms with Gasteiger partial charge in [0.05, 0.1) is 48.8 Å². The highest BCUT2D eigenvalue weighted by Gasteiger charge is 2.40. The van der Waals surface area contributed by atoms with Crippen molar-refractivity contribution in [2.45, 2.75) is 216 Å². The summed E-state index contributed by atoms with van der Waals surface area (Å²) < 4.78 is 17.6. The van der Waals surface area contributed by atoms with Gasteiger partial charge in [0.2, 0.25) is 0 Å². The minimum Gasteiger partial charge on any atom is -0.455 e. The van der Waals surface area contributed by atoms with Gasteiger partial charge in [0.1, 0.15) is 6.10 Å². The van der Waals surface area contributed by atoms with Crippen molar-refractivity contribution < 1.29 is 39.4 Å². The summed E-state index contributed by atoms with van der Waals surface area (Å²) in [6, 6.07) is 0. The Kier molecular flexibility index (Phi) is 18.6. The molecule has 3 aliphatic rings. The molecule has 3 rings (SSSR count). The van der Waals surface area contributed by atoms with E-state index in [0.29, 0.717) is 19.3 Å². The number of aliphatic hydroxyl groups excluding tert-OH is 4. The van der Waals surface area contributed by atoms with Crippen LogP contribution in [0.4, 0.5) is 0 Å². The van der Waals surface area contributed by atoms with Crippen molar-refractivity contribution in [3.05, 3.63) is 11.6 Å². The van der Waals surface area contributed by atoms with Crippen LogP contribution in [-0.4, -0.2) is 81.3 Å². The van der Waals surface area contributed by atoms with Crippen molar-refractivity contribution in [3.63, 3.8) is 0 Å². The molecule has 262 valence electrons. The van der Waals surface area contributed by atoms with E-state index in [9.17, 15) is 25.2 Å². The van der Waals surface area contributed by atoms with Gasteiger partial charge in [0.25, 0.3) is 0 Å². The van der Waals surface area contributed by atoms with Gasteiger partial charge < -0.3 is 34.6 Å². The molecular formula is C37H66O8. The lowest BCUT2D eigenvalue weighted by Gasteiger charge is -2.24. The molecule has 0 saturated carbocycles. The zero-order valence-electron chi connectivity index (χ0n) is 28.5. The molecule has 8 heteroatoms. The van der Waals surface area contributed by atoms with E-state index in [0.717, 1.165) is 102 Å². The predicted molar refractivity (Wildman–Crippen MR) is 177 cm³/mol. The first kappa shape index (κ1) is 38.4. The van der Waals surface area contributed by atoms with Gasteiger partial charge >= 0.3 is 5.97 Å². The van der Waals surface area contributed by atoms with E-state index < -0.39 is 12.2 Å². The summed E-state index contributed by atoms with van der Waals surface area (Å²) in [6.45, 7) is 4.08. The normalized spacial score (nSPS) is 27.8. The minimum absolute atomic E-state index is 0.0381. The summed E-state index contributed by atoms with van der Waals surface area (Å²) in [6.07, 6.45) is 21.2. The second kappa shape index (κ2) is 21.8. The topological polar surface area (TPSA) is 126 Å². The Morgan fingerprint density at radius 1 is 0.644 bits per heavy atom. The van der Waals surface area contributed by atoms with Gasteiger partial charge in [-0.05, 0) is 96.5 Å². The van der Waals surface area contributed by atoms with Crippen LogP contribution in [0.15, 0.2) is 11.6 Å². The van der Waals surface area contributed by atoms with Crippen molar-refractivity contribution in [1.29, 1.82) is 0 Å². The Bertz CT molecular complexity index is 833. The van der Waals surface area contributed by atoms with Gasteiger partial charge in [0, 0.05) is 5.57 Å². The van der Waals surface area contributed by atoms with E-state index in [2.05, 4.69) is 6.92 Å². The Balaban J connectivity index is 1.16. The fourth-order valence-electron chi connectivity index (χ4n) is 7.28. The van der Waals surface area contributed by atoms with E-state index in [1.165, 1.54) is 32.1 Å². The van der Waals surface area contributed by atoms with E-state index in [1.54, 1.807) is 0 Å². The molecule has 0 radical (unpaired) electrons. The summed E-state index contributed by atoms with van der Waals surface area (Å²) in [5.41, 5.74) is 0.834. The summed E-state index contributed by atoms with van der Waals surface area (Å²) >= 11 is 0. The number of rotatable bonds is 25. The first-order valence-corrected chi connectivity index (χ1v) is 18.7. The van der Waals surface area contributed by atoms with Crippen molar-refractivity contribution in [2.75, 3.05) is 0 Å². The average Bonchev–Trinajstić information content (AvgIpc) is 3.77. The minimum atomic E-state index is -0.578. The molecule has 0 aromatic rings. The molecule has 0 bridgehead atoms. The van der Waals surface area contributed by atoms with Crippen molar-refractivity contribution >= 4 is 5.97 Å². The number of cyclic esters (lactones) is 1. The Morgan fingerprint density at radius 2 is 1.16 bits per heavy atom. The first-order chi connectivity index (χ1) is 21.8. The van der Waals surface area contributed by atoms with Crippen LogP contribution in [0.25, 0.3) is 0 Å². The summed E-state index contributed by atoms with van der Waals surface area (Å²) in [5.74, 6) is -0.148. The molecule has 0 aromatic carbocycles. The zero-order valence-corrected chi connectivity index (χ0v) is 28.5. The number of aliphatic hydroxyl groups is 4. The Hall–Kier alpha value is -1.03. The molecule has 8 nitrogen and oxygen atoms in total. The lowest BCUT2D eigenvalue weighted by Crippen LogP contribution is -2.33. The van der Waals surface area contributed by atoms with Gasteiger partial charge in [-0.2, -0.15) is 0 Å². The standard InChI is InChI=1S/C37H66O8/c1-3-4-5-12-16-29(38)18-14-19-31(40)33-22-24-35(44-33)36-25-23-34(45-36)32(41)21-20-30(39)17-13-10-8-6-7-9-11-15-28-26-27(2)43-37(28)42/h26-27,29-36,38-41H,3-25H2,1-2H3/t27-,29-,30+,31-,32+,33+,34+,35-,36+/m0/s1. The highest BCUT2D eigenvalue weighted by molar-refractivity contribution is 5.90. The first-order valence-electron chi connectivity index (χ1n) is 18.7. The second-order valence-electron chi connectivity index (χ2n) is 14.2. The number of esters is 1. The summed E-state index contributed by atoms with van der Waals surface area (Å²) in [4.78, 5) is 11.6. The van der Waals surface area contributed by atoms with Crippen LogP contribution in [0, 0.1) is 0 Å². The quantitative estimate of drug-likeness (QED) is 0.0634. The number of hydrogen-bond acceptors (Lipinski definition) is 8. The molecule has 2 fully saturated rings. The van der Waals surface area contributed by atoms with Crippen LogP contribution >= 0.6 is 0 Å². The van der Waals surface area contributed by atoms with E-state index >= 15 is 0 Å². The molecule has 45 heavy (non-hydrogen) atoms. The molecule has 0 amide bonds. The largest absolute Gasteiger partial charge is 0.455 e. The maximum absolute atomic E-state index is 11.6. The SMILES string of the molecule is CCCCCC[C@H](O)CCC[C@H](O)[C@H]1CC[C@@H]([C@H]2CC[C@H]([C@H](O)CC[C@H](O)CCCCCCCCCC3=C[C@H](C)OC3=O)O2)O1. The van der Waals surface area contributed by atoms with E-state index in [1.807, 2.05) is 13.0 Å². The van der Waals surface area contributed by atoms with Crippen LogP contribution in [0.5, 0.6) is 0 Å². The van der Waals surface area contributed by atoms with Gasteiger partial charge in [-0.15, -0.1) is 0 Å². The van der Waals surface area contributed by atoms with Crippen LogP contribution in [0.2, 0.25) is 0 Å². The number of unbranched alkanes of at least 4 members (excludes halogenated alkanes) is 9. The molecule has 0 aliphatic carbocycles. The fraction of sp³-hybridized carbons (Fsp3) is 0.919. The lowest BCUT2D eigenvalue weighted by atomic mass is 9.99. The maximum atomic E-state index is 11.6. The fourth-order valence-corrected chi connectivity index (χ4v) is 7.28. The van der Waals surface area contributed by atoms with Crippen LogP contribution in [-0.2, 0) is 19.0 Å². The molecule has 3 aliphatic heterocycles. The van der Waals surface area contributed by atoms with E-state index in [4.69, 9.17) is 14.2 Å². The molecule has 0 spiro atoms. The lowest BCUT2D eigenvalue weighted by molar-refractivity contribution is -0.139. The molecule has 0 aromatic heterocycles. The Labute approximate surface area is 273 Å². The monoisotopic (exact) mass is 638 g/mol. The van der Waals surface area contributed by atoms with Gasteiger partial charge in [-0.1, -0.05) is 71.1 Å². The van der Waals surface area contributed by atoms with Crippen molar-refractivity contribution in [2.24, 2.45) is 0 Å².